The Morgan fingerprint density at radius 2 is 2.15 bits per heavy atom. The van der Waals surface area contributed by atoms with Crippen LogP contribution in [0.4, 0.5) is 5.82 Å². The van der Waals surface area contributed by atoms with Gasteiger partial charge in [-0.1, -0.05) is 18.3 Å². The predicted octanol–water partition coefficient (Wildman–Crippen LogP) is 1.78. The molecule has 102 valence electrons. The smallest absolute Gasteiger partial charge is 0.256 e. The second-order valence-corrected chi connectivity index (χ2v) is 5.25. The Hall–Kier alpha value is -2.21. The Morgan fingerprint density at radius 3 is 2.95 bits per heavy atom. The molecular weight excluding hydrogens is 272 g/mol. The Kier molecular flexibility index (Phi) is 3.23. The minimum absolute atomic E-state index is 0.193. The molecule has 3 rings (SSSR count). The number of carbonyl (C=O) groups excluding carboxylic acids is 1. The van der Waals surface area contributed by atoms with Gasteiger partial charge in [0, 0.05) is 5.56 Å². The zero-order valence-corrected chi connectivity index (χ0v) is 11.6. The number of benzene rings is 1. The number of thiocarbonyl (C=S) groups is 1. The number of H-pyrrole nitrogens is 1. The highest BCUT2D eigenvalue weighted by atomic mass is 32.1. The topological polar surface area (TPSA) is 83.8 Å². The zero-order chi connectivity index (χ0) is 14.1. The highest BCUT2D eigenvalue weighted by molar-refractivity contribution is 7.80. The summed E-state index contributed by atoms with van der Waals surface area (Å²) in [6, 6.07) is 5.82. The van der Waals surface area contributed by atoms with Crippen LogP contribution in [0.5, 0.6) is 0 Å². The molecule has 1 aromatic heterocycles. The first-order valence-corrected chi connectivity index (χ1v) is 6.82. The van der Waals surface area contributed by atoms with Gasteiger partial charge in [0.1, 0.15) is 10.8 Å². The van der Waals surface area contributed by atoms with Gasteiger partial charge in [0.15, 0.2) is 0 Å². The predicted molar refractivity (Wildman–Crippen MR) is 80.9 cm³/mol. The largest absolute Gasteiger partial charge is 0.389 e. The van der Waals surface area contributed by atoms with Gasteiger partial charge in [0.25, 0.3) is 5.91 Å². The van der Waals surface area contributed by atoms with Gasteiger partial charge < -0.3 is 11.1 Å². The molecule has 0 saturated heterocycles. The summed E-state index contributed by atoms with van der Waals surface area (Å²) in [5, 5.41) is 9.29. The van der Waals surface area contributed by atoms with Crippen LogP contribution in [0, 0.1) is 0 Å². The maximum atomic E-state index is 12.2. The molecule has 4 N–H and O–H groups in total. The summed E-state index contributed by atoms with van der Waals surface area (Å²) in [5.74, 6) is 0.240. The van der Waals surface area contributed by atoms with Crippen molar-refractivity contribution in [3.8, 4) is 0 Å². The first-order valence-electron chi connectivity index (χ1n) is 6.41. The summed E-state index contributed by atoms with van der Waals surface area (Å²) in [6.07, 6.45) is 4.80. The molecule has 20 heavy (non-hydrogen) atoms. The fraction of sp³-hybridized carbons (Fsp3) is 0.214. The van der Waals surface area contributed by atoms with Crippen LogP contribution < -0.4 is 11.1 Å². The summed E-state index contributed by atoms with van der Waals surface area (Å²) < 4.78 is 0. The van der Waals surface area contributed by atoms with E-state index in [0.717, 1.165) is 19.3 Å². The van der Waals surface area contributed by atoms with Gasteiger partial charge in [0.05, 0.1) is 11.8 Å². The van der Waals surface area contributed by atoms with Crippen molar-refractivity contribution in [3.63, 3.8) is 0 Å². The number of anilines is 1. The number of aromatic nitrogens is 2. The molecule has 2 aromatic rings. The molecule has 0 fully saturated rings. The van der Waals surface area contributed by atoms with Gasteiger partial charge in [-0.15, -0.1) is 0 Å². The van der Waals surface area contributed by atoms with Crippen LogP contribution >= 0.6 is 12.2 Å². The number of rotatable bonds is 3. The summed E-state index contributed by atoms with van der Waals surface area (Å²) >= 11 is 4.90. The van der Waals surface area contributed by atoms with Crippen LogP contribution in [-0.2, 0) is 12.8 Å². The Morgan fingerprint density at radius 1 is 1.35 bits per heavy atom. The molecule has 6 heteroatoms. The van der Waals surface area contributed by atoms with E-state index in [1.807, 2.05) is 18.2 Å². The molecule has 1 amide bonds. The van der Waals surface area contributed by atoms with Gasteiger partial charge in [-0.25, -0.2) is 0 Å². The molecule has 0 atom stereocenters. The molecule has 0 bridgehead atoms. The number of nitrogens with zero attached hydrogens (tertiary/aromatic N) is 1. The lowest BCUT2D eigenvalue weighted by Gasteiger charge is -2.07. The summed E-state index contributed by atoms with van der Waals surface area (Å²) in [7, 11) is 0. The third-order valence-electron chi connectivity index (χ3n) is 3.50. The van der Waals surface area contributed by atoms with Crippen molar-refractivity contribution >= 4 is 28.9 Å². The van der Waals surface area contributed by atoms with E-state index in [1.165, 1.54) is 17.3 Å². The highest BCUT2D eigenvalue weighted by Gasteiger charge is 2.16. The van der Waals surface area contributed by atoms with E-state index in [-0.39, 0.29) is 10.9 Å². The molecule has 1 aromatic carbocycles. The lowest BCUT2D eigenvalue weighted by molar-refractivity contribution is 0.102. The second kappa shape index (κ2) is 5.05. The van der Waals surface area contributed by atoms with Crippen molar-refractivity contribution in [2.24, 2.45) is 5.73 Å². The van der Waals surface area contributed by atoms with Crippen LogP contribution in [0.3, 0.4) is 0 Å². The highest BCUT2D eigenvalue weighted by Crippen LogP contribution is 2.23. The van der Waals surface area contributed by atoms with Crippen molar-refractivity contribution in [3.05, 3.63) is 46.6 Å². The Labute approximate surface area is 121 Å². The van der Waals surface area contributed by atoms with Gasteiger partial charge >= 0.3 is 0 Å². The average molecular weight is 286 g/mol. The molecule has 0 unspecified atom stereocenters. The SMILES string of the molecule is NC(=S)c1cn[nH]c1NC(=O)c1ccc2c(c1)CCC2. The van der Waals surface area contributed by atoms with Crippen molar-refractivity contribution in [1.29, 1.82) is 0 Å². The number of carbonyl (C=O) groups is 1. The van der Waals surface area contributed by atoms with Crippen molar-refractivity contribution in [1.82, 2.24) is 10.2 Å². The zero-order valence-electron chi connectivity index (χ0n) is 10.8. The van der Waals surface area contributed by atoms with Crippen LogP contribution in [0.25, 0.3) is 0 Å². The number of aryl methyl sites for hydroxylation is 2. The second-order valence-electron chi connectivity index (χ2n) is 4.81. The number of hydrogen-bond donors (Lipinski definition) is 3. The molecule has 5 nitrogen and oxygen atoms in total. The Balaban J connectivity index is 1.83. The average Bonchev–Trinajstić information content (AvgIpc) is 3.05. The molecular formula is C14H14N4OS. The Bertz CT molecular complexity index is 692. The van der Waals surface area contributed by atoms with Gasteiger partial charge in [-0.2, -0.15) is 5.10 Å². The maximum absolute atomic E-state index is 12.2. The number of nitrogens with one attached hydrogen (secondary N) is 2. The standard InChI is InChI=1S/C14H14N4OS/c15-12(20)11-7-16-18-13(11)17-14(19)10-5-4-8-2-1-3-9(8)6-10/h4-7H,1-3H2,(H2,15,20)(H2,16,17,18,19). The summed E-state index contributed by atoms with van der Waals surface area (Å²) in [6.45, 7) is 0. The lowest BCUT2D eigenvalue weighted by Crippen LogP contribution is -2.17. The number of fused-ring (bicyclic) bond motifs is 1. The van der Waals surface area contributed by atoms with E-state index in [9.17, 15) is 4.79 Å². The number of aromatic amines is 1. The monoisotopic (exact) mass is 286 g/mol. The summed E-state index contributed by atoms with van der Waals surface area (Å²) in [4.78, 5) is 12.4. The van der Waals surface area contributed by atoms with Gasteiger partial charge in [0.2, 0.25) is 0 Å². The quantitative estimate of drug-likeness (QED) is 0.751. The molecule has 0 radical (unpaired) electrons. The van der Waals surface area contributed by atoms with Crippen LogP contribution in [0.15, 0.2) is 24.4 Å². The molecule has 0 spiro atoms. The third kappa shape index (κ3) is 2.30. The van der Waals surface area contributed by atoms with E-state index in [0.29, 0.717) is 16.9 Å². The van der Waals surface area contributed by atoms with E-state index in [1.54, 1.807) is 0 Å². The van der Waals surface area contributed by atoms with Gasteiger partial charge in [-0.3, -0.25) is 9.89 Å². The molecule has 1 aliphatic carbocycles. The minimum atomic E-state index is -0.193. The fourth-order valence-electron chi connectivity index (χ4n) is 2.47. The number of hydrogen-bond acceptors (Lipinski definition) is 3. The maximum Gasteiger partial charge on any atom is 0.256 e. The summed E-state index contributed by atoms with van der Waals surface area (Å²) in [5.41, 5.74) is 9.34. The number of amides is 1. The first-order chi connectivity index (χ1) is 9.65. The van der Waals surface area contributed by atoms with E-state index >= 15 is 0 Å². The molecule has 1 aliphatic rings. The third-order valence-corrected chi connectivity index (χ3v) is 3.72. The minimum Gasteiger partial charge on any atom is -0.389 e. The first kappa shape index (κ1) is 12.8. The van der Waals surface area contributed by atoms with Crippen LogP contribution in [-0.4, -0.2) is 21.1 Å². The van der Waals surface area contributed by atoms with Gasteiger partial charge in [-0.05, 0) is 42.5 Å². The molecule has 0 aliphatic heterocycles. The van der Waals surface area contributed by atoms with Crippen LogP contribution in [0.1, 0.15) is 33.5 Å². The van der Waals surface area contributed by atoms with Crippen molar-refractivity contribution in [2.75, 3.05) is 5.32 Å². The molecule has 0 saturated carbocycles. The van der Waals surface area contributed by atoms with E-state index in [2.05, 4.69) is 15.5 Å². The van der Waals surface area contributed by atoms with Crippen molar-refractivity contribution in [2.45, 2.75) is 19.3 Å². The normalized spacial score (nSPS) is 13.0. The number of nitrogens with two attached hydrogens (primary N) is 1. The van der Waals surface area contributed by atoms with Crippen molar-refractivity contribution < 1.29 is 4.79 Å². The lowest BCUT2D eigenvalue weighted by atomic mass is 10.1. The van der Waals surface area contributed by atoms with Crippen LogP contribution in [0.2, 0.25) is 0 Å². The van der Waals surface area contributed by atoms with E-state index < -0.39 is 0 Å². The van der Waals surface area contributed by atoms with E-state index in [4.69, 9.17) is 18.0 Å². The molecule has 1 heterocycles. The fourth-order valence-corrected chi connectivity index (χ4v) is 2.62.